The van der Waals surface area contributed by atoms with Gasteiger partial charge in [-0.3, -0.25) is 0 Å². The normalized spacial score (nSPS) is 24.7. The van der Waals surface area contributed by atoms with Crippen molar-refractivity contribution in [3.05, 3.63) is 16.1 Å². The average Bonchev–Trinajstić information content (AvgIpc) is 3.00. The largest absolute Gasteiger partial charge is 0.598 e. The number of likely N-dealkylation sites (tertiary alicyclic amines) is 1. The van der Waals surface area contributed by atoms with Gasteiger partial charge in [0.25, 0.3) is 0 Å². The molecule has 1 spiro atoms. The van der Waals surface area contributed by atoms with Crippen LogP contribution in [0.2, 0.25) is 0 Å². The van der Waals surface area contributed by atoms with Crippen LogP contribution in [0.1, 0.15) is 50.2 Å². The van der Waals surface area contributed by atoms with Crippen molar-refractivity contribution in [1.29, 1.82) is 0 Å². The topological polar surface area (TPSA) is 88.5 Å². The van der Waals surface area contributed by atoms with Crippen molar-refractivity contribution in [2.24, 2.45) is 5.41 Å². The first-order chi connectivity index (χ1) is 10.7. The van der Waals surface area contributed by atoms with Crippen LogP contribution in [0.4, 0.5) is 4.79 Å². The molecule has 2 aliphatic rings. The zero-order chi connectivity index (χ0) is 16.8. The van der Waals surface area contributed by atoms with Gasteiger partial charge in [0.05, 0.1) is 17.2 Å². The number of thiazole rings is 1. The van der Waals surface area contributed by atoms with E-state index >= 15 is 0 Å². The van der Waals surface area contributed by atoms with Crippen LogP contribution in [-0.4, -0.2) is 43.5 Å². The minimum absolute atomic E-state index is 0.000929. The van der Waals surface area contributed by atoms with Gasteiger partial charge in [-0.25, -0.2) is 9.78 Å². The number of amides is 1. The number of carboxylic acid groups (broad SMARTS) is 1. The summed E-state index contributed by atoms with van der Waals surface area (Å²) < 4.78 is 15.6. The molecule has 1 saturated heterocycles. The number of piperidine rings is 1. The smallest absolute Gasteiger partial charge is 0.407 e. The molecule has 1 aliphatic carbocycles. The van der Waals surface area contributed by atoms with E-state index in [0.717, 1.165) is 25.0 Å². The van der Waals surface area contributed by atoms with Crippen molar-refractivity contribution in [3.63, 3.8) is 0 Å². The van der Waals surface area contributed by atoms with Gasteiger partial charge in [-0.1, -0.05) is 0 Å². The van der Waals surface area contributed by atoms with E-state index < -0.39 is 17.5 Å². The lowest BCUT2D eigenvalue weighted by Gasteiger charge is -2.42. The molecule has 1 fully saturated rings. The van der Waals surface area contributed by atoms with Crippen LogP contribution >= 0.6 is 11.3 Å². The molecule has 128 valence electrons. The minimum Gasteiger partial charge on any atom is -0.598 e. The third kappa shape index (κ3) is 3.09. The number of rotatable bonds is 2. The van der Waals surface area contributed by atoms with E-state index in [2.05, 4.69) is 9.71 Å². The minimum atomic E-state index is -1.16. The Balaban J connectivity index is 1.83. The Morgan fingerprint density at radius 3 is 2.74 bits per heavy atom. The second-order valence-electron chi connectivity index (χ2n) is 7.40. The fourth-order valence-corrected chi connectivity index (χ4v) is 5.44. The van der Waals surface area contributed by atoms with E-state index in [1.54, 1.807) is 11.3 Å². The summed E-state index contributed by atoms with van der Waals surface area (Å²) in [5.74, 6) is 0. The maximum atomic E-state index is 12.6. The summed E-state index contributed by atoms with van der Waals surface area (Å²) in [6, 6.07) is 0.000929. The Labute approximate surface area is 143 Å². The van der Waals surface area contributed by atoms with Crippen molar-refractivity contribution >= 4 is 28.8 Å². The number of hydrogen-bond donors (Lipinski definition) is 2. The summed E-state index contributed by atoms with van der Waals surface area (Å²) in [4.78, 5) is 18.3. The van der Waals surface area contributed by atoms with Gasteiger partial charge in [-0.05, 0) is 40.0 Å². The highest BCUT2D eigenvalue weighted by Gasteiger charge is 2.52. The maximum Gasteiger partial charge on any atom is 0.407 e. The van der Waals surface area contributed by atoms with Crippen LogP contribution in [0.3, 0.4) is 0 Å². The maximum absolute atomic E-state index is 12.6. The molecule has 23 heavy (non-hydrogen) atoms. The highest BCUT2D eigenvalue weighted by atomic mass is 32.2. The second-order valence-corrected chi connectivity index (χ2v) is 10.3. The number of carbonyl (C=O) groups is 1. The van der Waals surface area contributed by atoms with E-state index in [1.165, 1.54) is 9.78 Å². The van der Waals surface area contributed by atoms with E-state index in [-0.39, 0.29) is 16.2 Å². The molecular weight excluding hydrogens is 334 g/mol. The molecule has 1 amide bonds. The first kappa shape index (κ1) is 17.0. The van der Waals surface area contributed by atoms with E-state index in [1.807, 2.05) is 26.3 Å². The number of fused-ring (bicyclic) bond motifs is 1. The first-order valence-electron chi connectivity index (χ1n) is 7.81. The molecule has 0 saturated carbocycles. The molecule has 1 aromatic heterocycles. The summed E-state index contributed by atoms with van der Waals surface area (Å²) in [7, 11) is 0. The van der Waals surface area contributed by atoms with E-state index in [9.17, 15) is 14.5 Å². The molecule has 2 atom stereocenters. The molecule has 0 radical (unpaired) electrons. The molecule has 3 rings (SSSR count). The quantitative estimate of drug-likeness (QED) is 0.794. The average molecular weight is 358 g/mol. The highest BCUT2D eigenvalue weighted by molar-refractivity contribution is 7.90. The Bertz CT molecular complexity index is 591. The first-order valence-corrected chi connectivity index (χ1v) is 9.84. The molecule has 2 N–H and O–H groups in total. The van der Waals surface area contributed by atoms with Crippen molar-refractivity contribution in [3.8, 4) is 0 Å². The van der Waals surface area contributed by atoms with E-state index in [0.29, 0.717) is 13.1 Å². The molecular formula is C15H23N3O3S2. The lowest BCUT2D eigenvalue weighted by Crippen LogP contribution is -2.50. The Hall–Kier alpha value is -0.830. The summed E-state index contributed by atoms with van der Waals surface area (Å²) in [6.07, 6.45) is 1.55. The van der Waals surface area contributed by atoms with Crippen LogP contribution in [0, 0.1) is 5.41 Å². The molecule has 2 heterocycles. The highest BCUT2D eigenvalue weighted by Crippen LogP contribution is 2.53. The SMILES string of the molecule is CC(C)(C)[S@@+]([O-])N[C@@H]1c2scnc2CC12CCN(C(=O)O)CC2. The van der Waals surface area contributed by atoms with Gasteiger partial charge in [0.2, 0.25) is 0 Å². The van der Waals surface area contributed by atoms with Gasteiger partial charge >= 0.3 is 6.09 Å². The predicted molar refractivity (Wildman–Crippen MR) is 90.9 cm³/mol. The Morgan fingerprint density at radius 1 is 1.52 bits per heavy atom. The van der Waals surface area contributed by atoms with Gasteiger partial charge in [-0.2, -0.15) is 0 Å². The molecule has 8 heteroatoms. The van der Waals surface area contributed by atoms with Gasteiger partial charge in [0.1, 0.15) is 4.75 Å². The fourth-order valence-electron chi connectivity index (χ4n) is 3.43. The molecule has 0 unspecified atom stereocenters. The molecule has 0 bridgehead atoms. The van der Waals surface area contributed by atoms with Gasteiger partial charge in [0, 0.05) is 34.7 Å². The predicted octanol–water partition coefficient (Wildman–Crippen LogP) is 2.55. The standard InChI is InChI=1S/C15H23N3O3S2/c1-14(2,3)23(21)17-12-11-10(16-9-22-11)8-15(12)4-6-18(7-5-15)13(19)20/h9,12,17H,4-8H2,1-3H3,(H,19,20)/t12-,23-/m1/s1. The van der Waals surface area contributed by atoms with Crippen LogP contribution in [0.5, 0.6) is 0 Å². The Morgan fingerprint density at radius 2 is 2.17 bits per heavy atom. The second kappa shape index (κ2) is 5.91. The third-order valence-corrected chi connectivity index (χ3v) is 7.38. The number of nitrogens with one attached hydrogen (secondary N) is 1. The number of aromatic nitrogens is 1. The van der Waals surface area contributed by atoms with Gasteiger partial charge in [0.15, 0.2) is 0 Å². The lowest BCUT2D eigenvalue weighted by atomic mass is 9.74. The van der Waals surface area contributed by atoms with Crippen molar-refractivity contribution < 1.29 is 14.5 Å². The molecule has 1 aromatic rings. The number of hydrogen-bond acceptors (Lipinski definition) is 5. The lowest BCUT2D eigenvalue weighted by molar-refractivity contribution is 0.0765. The summed E-state index contributed by atoms with van der Waals surface area (Å²) in [6.45, 7) is 6.93. The monoisotopic (exact) mass is 357 g/mol. The van der Waals surface area contributed by atoms with Gasteiger partial charge in [-0.15, -0.1) is 16.1 Å². The molecule has 6 nitrogen and oxygen atoms in total. The Kier molecular flexibility index (Phi) is 4.37. The molecule has 0 aromatic carbocycles. The van der Waals surface area contributed by atoms with Gasteiger partial charge < -0.3 is 14.6 Å². The summed E-state index contributed by atoms with van der Waals surface area (Å²) in [5, 5.41) is 9.17. The fraction of sp³-hybridized carbons (Fsp3) is 0.733. The van der Waals surface area contributed by atoms with Crippen LogP contribution < -0.4 is 4.72 Å². The third-order valence-electron chi connectivity index (χ3n) is 4.88. The number of nitrogens with zero attached hydrogens (tertiary/aromatic N) is 2. The van der Waals surface area contributed by atoms with E-state index in [4.69, 9.17) is 0 Å². The van der Waals surface area contributed by atoms with Crippen LogP contribution in [0.15, 0.2) is 5.51 Å². The van der Waals surface area contributed by atoms with Crippen molar-refractivity contribution in [1.82, 2.24) is 14.6 Å². The van der Waals surface area contributed by atoms with Crippen molar-refractivity contribution in [2.45, 2.75) is 50.8 Å². The zero-order valence-electron chi connectivity index (χ0n) is 13.7. The summed E-state index contributed by atoms with van der Waals surface area (Å²) >= 11 is 0.445. The van der Waals surface area contributed by atoms with Crippen LogP contribution in [-0.2, 0) is 17.8 Å². The zero-order valence-corrected chi connectivity index (χ0v) is 15.3. The molecule has 1 aliphatic heterocycles. The van der Waals surface area contributed by atoms with Crippen molar-refractivity contribution in [2.75, 3.05) is 13.1 Å². The summed E-state index contributed by atoms with van der Waals surface area (Å²) in [5.41, 5.74) is 2.86. The van der Waals surface area contributed by atoms with Crippen LogP contribution in [0.25, 0.3) is 0 Å².